The number of halogens is 1. The second-order valence-corrected chi connectivity index (χ2v) is 4.68. The Balaban J connectivity index is 2.45. The van der Waals surface area contributed by atoms with Crippen LogP contribution in [-0.4, -0.2) is 24.1 Å². The molecule has 0 aliphatic heterocycles. The predicted molar refractivity (Wildman–Crippen MR) is 76.0 cm³/mol. The van der Waals surface area contributed by atoms with Gasteiger partial charge in [0.15, 0.2) is 5.82 Å². The van der Waals surface area contributed by atoms with Crippen LogP contribution in [0.25, 0.3) is 11.4 Å². The zero-order valence-corrected chi connectivity index (χ0v) is 12.1. The molecule has 2 aromatic rings. The van der Waals surface area contributed by atoms with E-state index < -0.39 is 0 Å². The van der Waals surface area contributed by atoms with E-state index in [1.807, 2.05) is 32.2 Å². The Morgan fingerprint density at radius 1 is 1.33 bits per heavy atom. The summed E-state index contributed by atoms with van der Waals surface area (Å²) in [6.45, 7) is 2.00. The fourth-order valence-electron chi connectivity index (χ4n) is 1.70. The summed E-state index contributed by atoms with van der Waals surface area (Å²) >= 11 is 3.39. The van der Waals surface area contributed by atoms with Gasteiger partial charge in [-0.25, -0.2) is 9.97 Å². The van der Waals surface area contributed by atoms with Crippen molar-refractivity contribution < 1.29 is 4.74 Å². The molecule has 0 saturated heterocycles. The number of nitrogens with one attached hydrogen (secondary N) is 1. The van der Waals surface area contributed by atoms with Crippen molar-refractivity contribution >= 4 is 21.7 Å². The van der Waals surface area contributed by atoms with Crippen LogP contribution in [0.15, 0.2) is 28.9 Å². The van der Waals surface area contributed by atoms with E-state index in [4.69, 9.17) is 4.74 Å². The highest BCUT2D eigenvalue weighted by Gasteiger charge is 2.07. The molecule has 0 aliphatic rings. The molecule has 1 heterocycles. The lowest BCUT2D eigenvalue weighted by Crippen LogP contribution is -1.98. The first-order valence-electron chi connectivity index (χ1n) is 5.51. The number of aromatic nitrogens is 2. The van der Waals surface area contributed by atoms with Crippen molar-refractivity contribution in [3.8, 4) is 17.1 Å². The maximum Gasteiger partial charge on any atom is 0.161 e. The number of anilines is 1. The number of benzene rings is 1. The minimum atomic E-state index is 0.688. The molecule has 0 radical (unpaired) electrons. The lowest BCUT2D eigenvalue weighted by Gasteiger charge is -2.08. The van der Waals surface area contributed by atoms with Crippen molar-refractivity contribution in [3.05, 3.63) is 34.4 Å². The summed E-state index contributed by atoms with van der Waals surface area (Å²) in [7, 11) is 3.49. The van der Waals surface area contributed by atoms with Crippen LogP contribution in [0, 0.1) is 6.92 Å². The topological polar surface area (TPSA) is 47.0 Å². The lowest BCUT2D eigenvalue weighted by atomic mass is 10.1. The minimum absolute atomic E-state index is 0.688. The average molecular weight is 308 g/mol. The number of hydrogen-bond acceptors (Lipinski definition) is 4. The van der Waals surface area contributed by atoms with Gasteiger partial charge in [0.1, 0.15) is 11.6 Å². The van der Waals surface area contributed by atoms with Gasteiger partial charge in [-0.2, -0.15) is 0 Å². The Morgan fingerprint density at radius 3 is 2.72 bits per heavy atom. The fraction of sp³-hybridized carbons (Fsp3) is 0.231. The number of ether oxygens (including phenoxy) is 1. The van der Waals surface area contributed by atoms with Crippen LogP contribution >= 0.6 is 15.9 Å². The highest BCUT2D eigenvalue weighted by atomic mass is 79.9. The van der Waals surface area contributed by atoms with Gasteiger partial charge in [0.25, 0.3) is 0 Å². The van der Waals surface area contributed by atoms with Crippen LogP contribution in [-0.2, 0) is 0 Å². The van der Waals surface area contributed by atoms with E-state index in [9.17, 15) is 0 Å². The molecule has 0 amide bonds. The third kappa shape index (κ3) is 2.46. The summed E-state index contributed by atoms with van der Waals surface area (Å²) in [5.74, 6) is 2.33. The van der Waals surface area contributed by atoms with Crippen LogP contribution in [0.2, 0.25) is 0 Å². The quantitative estimate of drug-likeness (QED) is 0.945. The number of aryl methyl sites for hydroxylation is 1. The molecule has 1 aromatic carbocycles. The Morgan fingerprint density at radius 2 is 2.11 bits per heavy atom. The first kappa shape index (κ1) is 12.8. The van der Waals surface area contributed by atoms with Gasteiger partial charge >= 0.3 is 0 Å². The summed E-state index contributed by atoms with van der Waals surface area (Å²) < 4.78 is 6.09. The Bertz CT molecular complexity index is 572. The van der Waals surface area contributed by atoms with Gasteiger partial charge in [0, 0.05) is 18.8 Å². The lowest BCUT2D eigenvalue weighted by molar-refractivity contribution is 0.412. The SMILES string of the molecule is CNc1nc(-c2ccc(OC)c(C)c2)ncc1Br. The molecule has 94 valence electrons. The Hall–Kier alpha value is -1.62. The van der Waals surface area contributed by atoms with Gasteiger partial charge in [-0.1, -0.05) is 0 Å². The number of nitrogens with zero attached hydrogens (tertiary/aromatic N) is 2. The molecule has 0 fully saturated rings. The zero-order chi connectivity index (χ0) is 13.1. The molecule has 2 rings (SSSR count). The van der Waals surface area contributed by atoms with Gasteiger partial charge in [-0.15, -0.1) is 0 Å². The van der Waals surface area contributed by atoms with E-state index in [1.54, 1.807) is 13.3 Å². The monoisotopic (exact) mass is 307 g/mol. The summed E-state index contributed by atoms with van der Waals surface area (Å²) in [6, 6.07) is 5.89. The van der Waals surface area contributed by atoms with Crippen molar-refractivity contribution in [3.63, 3.8) is 0 Å². The van der Waals surface area contributed by atoms with Crippen molar-refractivity contribution in [1.29, 1.82) is 0 Å². The van der Waals surface area contributed by atoms with Gasteiger partial charge < -0.3 is 10.1 Å². The third-order valence-electron chi connectivity index (χ3n) is 2.63. The largest absolute Gasteiger partial charge is 0.496 e. The highest BCUT2D eigenvalue weighted by molar-refractivity contribution is 9.10. The van der Waals surface area contributed by atoms with Gasteiger partial charge in [0.2, 0.25) is 0 Å². The molecule has 0 bridgehead atoms. The molecule has 0 spiro atoms. The van der Waals surface area contributed by atoms with Crippen LogP contribution < -0.4 is 10.1 Å². The minimum Gasteiger partial charge on any atom is -0.496 e. The standard InChI is InChI=1S/C13H14BrN3O/c1-8-6-9(4-5-11(8)18-3)12-16-7-10(14)13(15-2)17-12/h4-7H,1-3H3,(H,15,16,17). The summed E-state index contributed by atoms with van der Waals surface area (Å²) in [4.78, 5) is 8.76. The first-order chi connectivity index (χ1) is 8.65. The number of methoxy groups -OCH3 is 1. The molecule has 0 saturated carbocycles. The van der Waals surface area contributed by atoms with E-state index in [0.29, 0.717) is 5.82 Å². The summed E-state index contributed by atoms with van der Waals surface area (Å²) in [5.41, 5.74) is 2.03. The molecule has 0 aliphatic carbocycles. The maximum atomic E-state index is 5.24. The number of hydrogen-bond donors (Lipinski definition) is 1. The molecule has 1 N–H and O–H groups in total. The zero-order valence-electron chi connectivity index (χ0n) is 10.5. The normalized spacial score (nSPS) is 10.2. The summed E-state index contributed by atoms with van der Waals surface area (Å²) in [6.07, 6.45) is 1.74. The highest BCUT2D eigenvalue weighted by Crippen LogP contribution is 2.26. The van der Waals surface area contributed by atoms with Crippen LogP contribution in [0.1, 0.15) is 5.56 Å². The molecular weight excluding hydrogens is 294 g/mol. The smallest absolute Gasteiger partial charge is 0.161 e. The maximum absolute atomic E-state index is 5.24. The second kappa shape index (κ2) is 5.35. The Labute approximate surface area is 115 Å². The second-order valence-electron chi connectivity index (χ2n) is 3.82. The van der Waals surface area contributed by atoms with Crippen LogP contribution in [0.5, 0.6) is 5.75 Å². The van der Waals surface area contributed by atoms with Crippen molar-refractivity contribution in [1.82, 2.24) is 9.97 Å². The van der Waals surface area contributed by atoms with E-state index in [-0.39, 0.29) is 0 Å². The number of rotatable bonds is 3. The van der Waals surface area contributed by atoms with Gasteiger partial charge in [-0.05, 0) is 46.6 Å². The summed E-state index contributed by atoms with van der Waals surface area (Å²) in [5, 5.41) is 3.02. The van der Waals surface area contributed by atoms with Crippen molar-refractivity contribution in [2.75, 3.05) is 19.5 Å². The predicted octanol–water partition coefficient (Wildman–Crippen LogP) is 3.26. The fourth-order valence-corrected chi connectivity index (χ4v) is 2.09. The van der Waals surface area contributed by atoms with Gasteiger partial charge in [-0.3, -0.25) is 0 Å². The molecule has 1 aromatic heterocycles. The Kier molecular flexibility index (Phi) is 3.81. The van der Waals surface area contributed by atoms with Crippen molar-refractivity contribution in [2.45, 2.75) is 6.92 Å². The molecule has 0 unspecified atom stereocenters. The molecule has 0 atom stereocenters. The van der Waals surface area contributed by atoms with Crippen LogP contribution in [0.3, 0.4) is 0 Å². The molecular formula is C13H14BrN3O. The molecule has 4 nitrogen and oxygen atoms in total. The van der Waals surface area contributed by atoms with E-state index in [2.05, 4.69) is 31.2 Å². The van der Waals surface area contributed by atoms with Gasteiger partial charge in [0.05, 0.1) is 11.6 Å². The third-order valence-corrected chi connectivity index (χ3v) is 3.21. The molecule has 18 heavy (non-hydrogen) atoms. The van der Waals surface area contributed by atoms with Crippen molar-refractivity contribution in [2.24, 2.45) is 0 Å². The average Bonchev–Trinajstić information content (AvgIpc) is 2.39. The first-order valence-corrected chi connectivity index (χ1v) is 6.30. The van der Waals surface area contributed by atoms with E-state index in [0.717, 1.165) is 27.2 Å². The van der Waals surface area contributed by atoms with E-state index >= 15 is 0 Å². The van der Waals surface area contributed by atoms with E-state index in [1.165, 1.54) is 0 Å². The molecule has 5 heteroatoms. The van der Waals surface area contributed by atoms with Crippen LogP contribution in [0.4, 0.5) is 5.82 Å².